The molecule has 0 aliphatic heterocycles. The maximum atomic E-state index is 12.6. The van der Waals surface area contributed by atoms with Crippen molar-refractivity contribution in [3.8, 4) is 5.75 Å². The average Bonchev–Trinajstić information content (AvgIpc) is 3.10. The number of hydrogen-bond donors (Lipinski definition) is 1. The number of carbonyl (C=O) groups is 2. The first-order valence-electron chi connectivity index (χ1n) is 9.85. The highest BCUT2D eigenvalue weighted by Crippen LogP contribution is 2.21. The predicted octanol–water partition coefficient (Wildman–Crippen LogP) is 4.72. The molecule has 0 radical (unpaired) electrons. The summed E-state index contributed by atoms with van der Waals surface area (Å²) in [6.07, 6.45) is -0.437. The van der Waals surface area contributed by atoms with E-state index in [1.165, 1.54) is 4.90 Å². The van der Waals surface area contributed by atoms with E-state index in [0.29, 0.717) is 41.7 Å². The molecule has 8 nitrogen and oxygen atoms in total. The van der Waals surface area contributed by atoms with E-state index in [0.717, 1.165) is 11.3 Å². The van der Waals surface area contributed by atoms with Gasteiger partial charge in [-0.2, -0.15) is 0 Å². The Balaban J connectivity index is 1.63. The molecule has 1 N–H and O–H groups in total. The molecule has 0 bridgehead atoms. The van der Waals surface area contributed by atoms with Gasteiger partial charge in [0.15, 0.2) is 0 Å². The third kappa shape index (κ3) is 5.42. The summed E-state index contributed by atoms with van der Waals surface area (Å²) in [4.78, 5) is 25.8. The van der Waals surface area contributed by atoms with Gasteiger partial charge >= 0.3 is 6.09 Å². The lowest BCUT2D eigenvalue weighted by molar-refractivity contribution is 0.102. The SMILES string of the molecule is CCOC(=O)N(C)c1ccc(NC(=O)c2cccc(OCc3c(C)noc3C)c2)cc1. The Kier molecular flexibility index (Phi) is 6.92. The molecule has 3 aromatic rings. The van der Waals surface area contributed by atoms with E-state index in [4.69, 9.17) is 14.0 Å². The molecule has 1 aromatic heterocycles. The Labute approximate surface area is 180 Å². The van der Waals surface area contributed by atoms with Gasteiger partial charge in [0.25, 0.3) is 5.91 Å². The summed E-state index contributed by atoms with van der Waals surface area (Å²) in [6.45, 7) is 6.05. The van der Waals surface area contributed by atoms with Crippen LogP contribution in [-0.2, 0) is 11.3 Å². The van der Waals surface area contributed by atoms with Gasteiger partial charge in [0, 0.05) is 24.0 Å². The van der Waals surface area contributed by atoms with Gasteiger partial charge in [-0.05, 0) is 63.2 Å². The first-order valence-corrected chi connectivity index (χ1v) is 9.85. The average molecular weight is 423 g/mol. The number of carbonyl (C=O) groups excluding carboxylic acids is 2. The third-order valence-electron chi connectivity index (χ3n) is 4.71. The van der Waals surface area contributed by atoms with Crippen LogP contribution in [0.4, 0.5) is 16.2 Å². The fourth-order valence-corrected chi connectivity index (χ4v) is 2.89. The van der Waals surface area contributed by atoms with E-state index in [-0.39, 0.29) is 5.91 Å². The molecular formula is C23H25N3O5. The number of nitrogens with one attached hydrogen (secondary N) is 1. The maximum absolute atomic E-state index is 12.6. The summed E-state index contributed by atoms with van der Waals surface area (Å²) in [5.74, 6) is 1.01. The molecule has 3 rings (SSSR count). The van der Waals surface area contributed by atoms with E-state index in [9.17, 15) is 9.59 Å². The van der Waals surface area contributed by atoms with Crippen molar-refractivity contribution in [3.05, 3.63) is 71.1 Å². The lowest BCUT2D eigenvalue weighted by Gasteiger charge is -2.17. The van der Waals surface area contributed by atoms with Crippen LogP contribution in [0.3, 0.4) is 0 Å². The third-order valence-corrected chi connectivity index (χ3v) is 4.71. The summed E-state index contributed by atoms with van der Waals surface area (Å²) in [7, 11) is 1.62. The fourth-order valence-electron chi connectivity index (χ4n) is 2.89. The van der Waals surface area contributed by atoms with Gasteiger partial charge in [-0.1, -0.05) is 11.2 Å². The highest BCUT2D eigenvalue weighted by Gasteiger charge is 2.13. The van der Waals surface area contributed by atoms with Crippen LogP contribution < -0.4 is 15.0 Å². The molecule has 2 amide bonds. The summed E-state index contributed by atoms with van der Waals surface area (Å²) in [6, 6.07) is 13.8. The molecule has 0 saturated heterocycles. The number of amides is 2. The summed E-state index contributed by atoms with van der Waals surface area (Å²) in [5, 5.41) is 6.75. The Bertz CT molecular complexity index is 1040. The molecule has 31 heavy (non-hydrogen) atoms. The van der Waals surface area contributed by atoms with Crippen molar-refractivity contribution in [2.45, 2.75) is 27.4 Å². The fraction of sp³-hybridized carbons (Fsp3) is 0.261. The first-order chi connectivity index (χ1) is 14.9. The number of anilines is 2. The Hall–Kier alpha value is -3.81. The van der Waals surface area contributed by atoms with Gasteiger partial charge in [-0.15, -0.1) is 0 Å². The second-order valence-corrected chi connectivity index (χ2v) is 6.88. The molecule has 0 unspecified atom stereocenters. The van der Waals surface area contributed by atoms with E-state index < -0.39 is 6.09 Å². The quantitative estimate of drug-likeness (QED) is 0.591. The van der Waals surface area contributed by atoms with Gasteiger partial charge < -0.3 is 19.3 Å². The zero-order valence-corrected chi connectivity index (χ0v) is 18.0. The number of nitrogens with zero attached hydrogens (tertiary/aromatic N) is 2. The van der Waals surface area contributed by atoms with Crippen LogP contribution in [0.2, 0.25) is 0 Å². The van der Waals surface area contributed by atoms with Gasteiger partial charge in [0.1, 0.15) is 18.1 Å². The minimum atomic E-state index is -0.437. The van der Waals surface area contributed by atoms with E-state index in [1.807, 2.05) is 13.8 Å². The molecule has 0 saturated carbocycles. The Morgan fingerprint density at radius 2 is 1.87 bits per heavy atom. The van der Waals surface area contributed by atoms with Crippen molar-refractivity contribution in [1.82, 2.24) is 5.16 Å². The van der Waals surface area contributed by atoms with E-state index >= 15 is 0 Å². The Morgan fingerprint density at radius 1 is 1.13 bits per heavy atom. The second-order valence-electron chi connectivity index (χ2n) is 6.88. The Morgan fingerprint density at radius 3 is 2.52 bits per heavy atom. The van der Waals surface area contributed by atoms with Gasteiger partial charge in [-0.25, -0.2) is 4.79 Å². The molecule has 0 fully saturated rings. The van der Waals surface area contributed by atoms with Crippen LogP contribution in [0.5, 0.6) is 5.75 Å². The van der Waals surface area contributed by atoms with Crippen LogP contribution in [0.15, 0.2) is 53.1 Å². The van der Waals surface area contributed by atoms with Crippen LogP contribution >= 0.6 is 0 Å². The summed E-state index contributed by atoms with van der Waals surface area (Å²) >= 11 is 0. The molecule has 2 aromatic carbocycles. The minimum absolute atomic E-state index is 0.269. The van der Waals surface area contributed by atoms with Crippen molar-refractivity contribution in [1.29, 1.82) is 0 Å². The molecule has 0 aliphatic rings. The van der Waals surface area contributed by atoms with Crippen molar-refractivity contribution in [2.24, 2.45) is 0 Å². The number of ether oxygens (including phenoxy) is 2. The van der Waals surface area contributed by atoms with Crippen LogP contribution in [-0.4, -0.2) is 30.8 Å². The van der Waals surface area contributed by atoms with E-state index in [2.05, 4.69) is 10.5 Å². The van der Waals surface area contributed by atoms with Crippen LogP contribution in [0.25, 0.3) is 0 Å². The number of aryl methyl sites for hydroxylation is 2. The van der Waals surface area contributed by atoms with E-state index in [1.54, 1.807) is 62.5 Å². The van der Waals surface area contributed by atoms with Crippen LogP contribution in [0, 0.1) is 13.8 Å². The highest BCUT2D eigenvalue weighted by atomic mass is 16.6. The predicted molar refractivity (Wildman–Crippen MR) is 117 cm³/mol. The molecule has 0 atom stereocenters. The normalized spacial score (nSPS) is 10.5. The smallest absolute Gasteiger partial charge is 0.413 e. The standard InChI is InChI=1S/C23H25N3O5/c1-5-29-23(28)26(4)19-11-9-18(10-12-19)24-22(27)17-7-6-8-20(13-17)30-14-21-15(2)25-31-16(21)3/h6-13H,5,14H2,1-4H3,(H,24,27). The number of aromatic nitrogens is 1. The molecule has 162 valence electrons. The molecule has 1 heterocycles. The summed E-state index contributed by atoms with van der Waals surface area (Å²) in [5.41, 5.74) is 3.40. The van der Waals surface area contributed by atoms with Gasteiger partial charge in [0.2, 0.25) is 0 Å². The van der Waals surface area contributed by atoms with Crippen LogP contribution in [0.1, 0.15) is 34.3 Å². The summed E-state index contributed by atoms with van der Waals surface area (Å²) < 4.78 is 15.9. The topological polar surface area (TPSA) is 93.9 Å². The monoisotopic (exact) mass is 423 g/mol. The number of benzene rings is 2. The van der Waals surface area contributed by atoms with Crippen molar-refractivity contribution in [3.63, 3.8) is 0 Å². The van der Waals surface area contributed by atoms with Gasteiger partial charge in [0.05, 0.1) is 17.9 Å². The first kappa shape index (κ1) is 21.9. The van der Waals surface area contributed by atoms with Gasteiger partial charge in [-0.3, -0.25) is 9.69 Å². The molecule has 8 heteroatoms. The maximum Gasteiger partial charge on any atom is 0.413 e. The lowest BCUT2D eigenvalue weighted by atomic mass is 10.2. The van der Waals surface area contributed by atoms with Crippen molar-refractivity contribution < 1.29 is 23.6 Å². The second kappa shape index (κ2) is 9.80. The van der Waals surface area contributed by atoms with Crippen molar-refractivity contribution >= 4 is 23.4 Å². The lowest BCUT2D eigenvalue weighted by Crippen LogP contribution is -2.26. The molecule has 0 spiro atoms. The zero-order chi connectivity index (χ0) is 22.4. The number of hydrogen-bond acceptors (Lipinski definition) is 6. The number of rotatable bonds is 7. The highest BCUT2D eigenvalue weighted by molar-refractivity contribution is 6.04. The van der Waals surface area contributed by atoms with Crippen molar-refractivity contribution in [2.75, 3.05) is 23.9 Å². The largest absolute Gasteiger partial charge is 0.489 e. The minimum Gasteiger partial charge on any atom is -0.489 e. The molecular weight excluding hydrogens is 398 g/mol. The zero-order valence-electron chi connectivity index (χ0n) is 18.0. The molecule has 0 aliphatic carbocycles.